The van der Waals surface area contributed by atoms with Crippen LogP contribution >= 0.6 is 0 Å². The zero-order valence-electron chi connectivity index (χ0n) is 12.8. The Morgan fingerprint density at radius 1 is 1.17 bits per heavy atom. The molecule has 0 unspecified atom stereocenters. The molecule has 24 heavy (non-hydrogen) atoms. The van der Waals surface area contributed by atoms with Gasteiger partial charge in [0.15, 0.2) is 0 Å². The maximum atomic E-state index is 13.9. The number of nitrogens with two attached hydrogens (primary N) is 1. The van der Waals surface area contributed by atoms with E-state index in [9.17, 15) is 17.6 Å². The second-order valence-electron chi connectivity index (χ2n) is 5.87. The van der Waals surface area contributed by atoms with Gasteiger partial charge in [-0.3, -0.25) is 4.79 Å². The second-order valence-corrected chi connectivity index (χ2v) is 7.43. The van der Waals surface area contributed by atoms with Gasteiger partial charge in [0.25, 0.3) is 5.91 Å². The maximum absolute atomic E-state index is 13.9. The van der Waals surface area contributed by atoms with E-state index in [1.165, 1.54) is 5.56 Å². The minimum Gasteiger partial charge on any atom is -0.349 e. The summed E-state index contributed by atoms with van der Waals surface area (Å²) in [5.74, 6) is -1.42. The van der Waals surface area contributed by atoms with Crippen LogP contribution in [0.3, 0.4) is 0 Å². The molecule has 126 valence electrons. The van der Waals surface area contributed by atoms with Gasteiger partial charge < -0.3 is 5.32 Å². The monoisotopic (exact) mass is 348 g/mol. The van der Waals surface area contributed by atoms with Crippen molar-refractivity contribution in [3.63, 3.8) is 0 Å². The molecule has 0 aromatic heterocycles. The largest absolute Gasteiger partial charge is 0.349 e. The van der Waals surface area contributed by atoms with Crippen LogP contribution in [0.25, 0.3) is 0 Å². The van der Waals surface area contributed by atoms with Crippen LogP contribution in [-0.2, 0) is 22.9 Å². The van der Waals surface area contributed by atoms with Gasteiger partial charge in [0, 0.05) is 6.04 Å². The summed E-state index contributed by atoms with van der Waals surface area (Å²) in [5.41, 5.74) is 2.10. The summed E-state index contributed by atoms with van der Waals surface area (Å²) >= 11 is 0. The topological polar surface area (TPSA) is 89.3 Å². The molecule has 3 N–H and O–H groups in total. The molecule has 5 nitrogen and oxygen atoms in total. The van der Waals surface area contributed by atoms with Crippen molar-refractivity contribution >= 4 is 15.9 Å². The Hall–Kier alpha value is -2.25. The minimum absolute atomic E-state index is 0.120. The molecule has 2 aromatic rings. The first-order chi connectivity index (χ1) is 11.3. The van der Waals surface area contributed by atoms with Crippen molar-refractivity contribution in [3.05, 3.63) is 65.0 Å². The molecule has 1 atom stereocenters. The predicted molar refractivity (Wildman–Crippen MR) is 87.5 cm³/mol. The van der Waals surface area contributed by atoms with E-state index in [0.717, 1.165) is 36.6 Å². The van der Waals surface area contributed by atoms with Crippen LogP contribution in [0.15, 0.2) is 47.4 Å². The standard InChI is InChI=1S/C17H17FN2O3S/c18-16-8-7-14(24(19,22)23)10-15(16)17(21)20-13-6-5-11-3-1-2-4-12(11)9-13/h1-4,7-8,10,13H,5-6,9H2,(H,20,21)(H2,19,22,23)/t13-/m1/s1. The summed E-state index contributed by atoms with van der Waals surface area (Å²) in [6.07, 6.45) is 2.25. The summed E-state index contributed by atoms with van der Waals surface area (Å²) < 4.78 is 36.6. The first-order valence-electron chi connectivity index (χ1n) is 7.54. The Balaban J connectivity index is 1.79. The van der Waals surface area contributed by atoms with Crippen molar-refractivity contribution < 1.29 is 17.6 Å². The summed E-state index contributed by atoms with van der Waals surface area (Å²) in [7, 11) is -4.00. The lowest BCUT2D eigenvalue weighted by atomic mass is 9.88. The number of fused-ring (bicyclic) bond motifs is 1. The molecule has 0 bridgehead atoms. The molecule has 0 saturated carbocycles. The average molecular weight is 348 g/mol. The molecule has 3 rings (SSSR count). The normalized spacial score (nSPS) is 17.2. The van der Waals surface area contributed by atoms with Crippen molar-refractivity contribution in [1.82, 2.24) is 5.32 Å². The number of sulfonamides is 1. The summed E-state index contributed by atoms with van der Waals surface area (Å²) in [5, 5.41) is 7.81. The first kappa shape index (κ1) is 16.6. The van der Waals surface area contributed by atoms with E-state index >= 15 is 0 Å². The molecule has 0 aliphatic heterocycles. The van der Waals surface area contributed by atoms with Crippen LogP contribution in [-0.4, -0.2) is 20.4 Å². The number of carbonyl (C=O) groups excluding carboxylic acids is 1. The van der Waals surface area contributed by atoms with Gasteiger partial charge in [-0.05, 0) is 48.6 Å². The van der Waals surface area contributed by atoms with Gasteiger partial charge in [-0.1, -0.05) is 24.3 Å². The van der Waals surface area contributed by atoms with Crippen LogP contribution in [0, 0.1) is 5.82 Å². The fraction of sp³-hybridized carbons (Fsp3) is 0.235. The third-order valence-corrected chi connectivity index (χ3v) is 5.10. The molecule has 1 aliphatic carbocycles. The lowest BCUT2D eigenvalue weighted by Gasteiger charge is -2.25. The Bertz CT molecular complexity index is 896. The lowest BCUT2D eigenvalue weighted by Crippen LogP contribution is -2.39. The molecule has 0 spiro atoms. The molecular formula is C17H17FN2O3S. The number of hydrogen-bond donors (Lipinski definition) is 2. The van der Waals surface area contributed by atoms with Crippen molar-refractivity contribution in [1.29, 1.82) is 0 Å². The number of halogens is 1. The van der Waals surface area contributed by atoms with E-state index in [0.29, 0.717) is 6.42 Å². The number of benzene rings is 2. The van der Waals surface area contributed by atoms with Crippen molar-refractivity contribution in [2.45, 2.75) is 30.2 Å². The van der Waals surface area contributed by atoms with E-state index in [1.54, 1.807) is 0 Å². The van der Waals surface area contributed by atoms with E-state index in [1.807, 2.05) is 18.2 Å². The van der Waals surface area contributed by atoms with Gasteiger partial charge in [0.1, 0.15) is 5.82 Å². The zero-order chi connectivity index (χ0) is 17.3. The SMILES string of the molecule is NS(=O)(=O)c1ccc(F)c(C(=O)N[C@@H]2CCc3ccccc3C2)c1. The van der Waals surface area contributed by atoms with Gasteiger partial charge in [0.05, 0.1) is 10.5 Å². The van der Waals surface area contributed by atoms with Crippen LogP contribution in [0.1, 0.15) is 27.9 Å². The molecule has 0 heterocycles. The Labute approximate surface area is 139 Å². The van der Waals surface area contributed by atoms with Crippen molar-refractivity contribution in [3.8, 4) is 0 Å². The molecule has 7 heteroatoms. The number of primary sulfonamides is 1. The minimum atomic E-state index is -4.00. The Kier molecular flexibility index (Phi) is 4.38. The fourth-order valence-electron chi connectivity index (χ4n) is 2.94. The number of rotatable bonds is 3. The van der Waals surface area contributed by atoms with Crippen molar-refractivity contribution in [2.24, 2.45) is 5.14 Å². The molecular weight excluding hydrogens is 331 g/mol. The highest BCUT2D eigenvalue weighted by atomic mass is 32.2. The average Bonchev–Trinajstić information content (AvgIpc) is 2.54. The number of carbonyl (C=O) groups is 1. The smallest absolute Gasteiger partial charge is 0.254 e. The van der Waals surface area contributed by atoms with E-state index in [4.69, 9.17) is 5.14 Å². The van der Waals surface area contributed by atoms with E-state index in [2.05, 4.69) is 11.4 Å². The van der Waals surface area contributed by atoms with E-state index in [-0.39, 0.29) is 16.5 Å². The molecule has 1 aliphatic rings. The number of nitrogens with one attached hydrogen (secondary N) is 1. The van der Waals surface area contributed by atoms with Gasteiger partial charge in [-0.25, -0.2) is 17.9 Å². The van der Waals surface area contributed by atoms with Gasteiger partial charge in [0.2, 0.25) is 10.0 Å². The quantitative estimate of drug-likeness (QED) is 0.886. The number of hydrogen-bond acceptors (Lipinski definition) is 3. The van der Waals surface area contributed by atoms with Crippen LogP contribution in [0.2, 0.25) is 0 Å². The summed E-state index contributed by atoms with van der Waals surface area (Å²) in [6.45, 7) is 0. The number of amides is 1. The highest BCUT2D eigenvalue weighted by Crippen LogP contribution is 2.22. The van der Waals surface area contributed by atoms with Gasteiger partial charge >= 0.3 is 0 Å². The number of aryl methyl sites for hydroxylation is 1. The van der Waals surface area contributed by atoms with E-state index < -0.39 is 21.7 Å². The molecule has 0 saturated heterocycles. The Morgan fingerprint density at radius 3 is 2.58 bits per heavy atom. The van der Waals surface area contributed by atoms with Crippen LogP contribution in [0.5, 0.6) is 0 Å². The van der Waals surface area contributed by atoms with Crippen LogP contribution in [0.4, 0.5) is 4.39 Å². The molecule has 1 amide bonds. The zero-order valence-corrected chi connectivity index (χ0v) is 13.6. The maximum Gasteiger partial charge on any atom is 0.254 e. The highest BCUT2D eigenvalue weighted by Gasteiger charge is 2.23. The third-order valence-electron chi connectivity index (χ3n) is 4.19. The van der Waals surface area contributed by atoms with Gasteiger partial charge in [-0.2, -0.15) is 0 Å². The predicted octanol–water partition coefficient (Wildman–Crippen LogP) is 1.76. The molecule has 2 aromatic carbocycles. The molecule has 0 fully saturated rings. The third kappa shape index (κ3) is 3.47. The molecule has 0 radical (unpaired) electrons. The summed E-state index contributed by atoms with van der Waals surface area (Å²) in [6, 6.07) is 10.8. The van der Waals surface area contributed by atoms with Crippen LogP contribution < -0.4 is 10.5 Å². The fourth-order valence-corrected chi connectivity index (χ4v) is 3.48. The summed E-state index contributed by atoms with van der Waals surface area (Å²) in [4.78, 5) is 12.0. The van der Waals surface area contributed by atoms with Gasteiger partial charge in [-0.15, -0.1) is 0 Å². The van der Waals surface area contributed by atoms with Crippen molar-refractivity contribution in [2.75, 3.05) is 0 Å². The second kappa shape index (κ2) is 6.33. The first-order valence-corrected chi connectivity index (χ1v) is 9.09. The highest BCUT2D eigenvalue weighted by molar-refractivity contribution is 7.89. The Morgan fingerprint density at radius 2 is 1.88 bits per heavy atom. The lowest BCUT2D eigenvalue weighted by molar-refractivity contribution is 0.0929.